The van der Waals surface area contributed by atoms with Gasteiger partial charge in [0.1, 0.15) is 12.4 Å². The summed E-state index contributed by atoms with van der Waals surface area (Å²) in [4.78, 5) is 0. The van der Waals surface area contributed by atoms with Crippen molar-refractivity contribution in [2.24, 2.45) is 0 Å². The lowest BCUT2D eigenvalue weighted by atomic mass is 10.0. The quantitative estimate of drug-likeness (QED) is 0.582. The van der Waals surface area contributed by atoms with Gasteiger partial charge >= 0.3 is 0 Å². The first-order chi connectivity index (χ1) is 10.2. The van der Waals surface area contributed by atoms with Gasteiger partial charge in [-0.3, -0.25) is 0 Å². The summed E-state index contributed by atoms with van der Waals surface area (Å²) in [6.45, 7) is 6.56. The average molecular weight is 358 g/mol. The number of ether oxygens (including phenoxy) is 2. The average Bonchev–Trinajstić information content (AvgIpc) is 2.48. The van der Waals surface area contributed by atoms with E-state index in [-0.39, 0.29) is 0 Å². The Morgan fingerprint density at radius 1 is 1.19 bits per heavy atom. The molecule has 0 saturated carbocycles. The van der Waals surface area contributed by atoms with Gasteiger partial charge in [-0.25, -0.2) is 0 Å². The lowest BCUT2D eigenvalue weighted by Crippen LogP contribution is -2.20. The summed E-state index contributed by atoms with van der Waals surface area (Å²) in [6, 6.07) is 6.79. The van der Waals surface area contributed by atoms with Crippen LogP contribution in [0.1, 0.15) is 51.1 Å². The van der Waals surface area contributed by atoms with Crippen molar-refractivity contribution in [1.29, 1.82) is 0 Å². The Hall–Kier alpha value is -0.580. The Kier molecular flexibility index (Phi) is 9.72. The van der Waals surface area contributed by atoms with Crippen LogP contribution >= 0.6 is 15.9 Å². The zero-order valence-corrected chi connectivity index (χ0v) is 15.0. The van der Waals surface area contributed by atoms with Crippen LogP contribution in [0.4, 0.5) is 0 Å². The van der Waals surface area contributed by atoms with E-state index in [9.17, 15) is 0 Å². The second-order valence-electron chi connectivity index (χ2n) is 5.14. The van der Waals surface area contributed by atoms with Gasteiger partial charge in [0.25, 0.3) is 0 Å². The molecule has 0 bridgehead atoms. The first-order valence-electron chi connectivity index (χ1n) is 7.87. The minimum Gasteiger partial charge on any atom is -0.490 e. The molecule has 1 aromatic carbocycles. The van der Waals surface area contributed by atoms with Crippen LogP contribution in [0.2, 0.25) is 0 Å². The van der Waals surface area contributed by atoms with Crippen molar-refractivity contribution >= 4 is 15.9 Å². The normalized spacial score (nSPS) is 12.4. The predicted molar refractivity (Wildman–Crippen MR) is 92.1 cm³/mol. The van der Waals surface area contributed by atoms with Crippen LogP contribution in [-0.4, -0.2) is 26.9 Å². The van der Waals surface area contributed by atoms with Gasteiger partial charge in [-0.2, -0.15) is 0 Å². The van der Waals surface area contributed by atoms with Crippen LogP contribution in [0, 0.1) is 0 Å². The maximum Gasteiger partial charge on any atom is 0.133 e. The van der Waals surface area contributed by atoms with Gasteiger partial charge in [-0.1, -0.05) is 39.2 Å². The van der Waals surface area contributed by atoms with Crippen molar-refractivity contribution in [2.45, 2.75) is 45.6 Å². The first kappa shape index (κ1) is 18.5. The molecule has 4 heteroatoms. The van der Waals surface area contributed by atoms with E-state index >= 15 is 0 Å². The molecule has 21 heavy (non-hydrogen) atoms. The van der Waals surface area contributed by atoms with Crippen LogP contribution in [0.15, 0.2) is 22.7 Å². The van der Waals surface area contributed by atoms with E-state index in [1.165, 1.54) is 31.2 Å². The molecule has 0 saturated heterocycles. The highest BCUT2D eigenvalue weighted by Gasteiger charge is 2.12. The summed E-state index contributed by atoms with van der Waals surface area (Å²) in [5, 5.41) is 3.58. The third-order valence-electron chi connectivity index (χ3n) is 3.45. The highest BCUT2D eigenvalue weighted by Crippen LogP contribution is 2.30. The molecule has 0 aliphatic heterocycles. The Morgan fingerprint density at radius 2 is 2.00 bits per heavy atom. The summed E-state index contributed by atoms with van der Waals surface area (Å²) in [7, 11) is 1.68. The summed E-state index contributed by atoms with van der Waals surface area (Å²) in [5.74, 6) is 0.875. The summed E-state index contributed by atoms with van der Waals surface area (Å²) in [5.41, 5.74) is 1.32. The monoisotopic (exact) mass is 357 g/mol. The standard InChI is InChI=1S/C17H28BrNO2/c1-4-6-7-8-16(19-5-2)14-9-10-17(15(18)13-14)21-12-11-20-3/h9-10,13,16,19H,4-8,11-12H2,1-3H3. The maximum atomic E-state index is 5.68. The largest absolute Gasteiger partial charge is 0.490 e. The van der Waals surface area contributed by atoms with Crippen molar-refractivity contribution in [3.8, 4) is 5.75 Å². The Balaban J connectivity index is 2.68. The van der Waals surface area contributed by atoms with E-state index in [0.29, 0.717) is 19.3 Å². The maximum absolute atomic E-state index is 5.68. The first-order valence-corrected chi connectivity index (χ1v) is 8.66. The molecule has 0 spiro atoms. The molecule has 1 rings (SSSR count). The van der Waals surface area contributed by atoms with Crippen LogP contribution in [0.5, 0.6) is 5.75 Å². The van der Waals surface area contributed by atoms with Crippen LogP contribution in [-0.2, 0) is 4.74 Å². The molecular formula is C17H28BrNO2. The Bertz CT molecular complexity index is 398. The number of unbranched alkanes of at least 4 members (excludes halogenated alkanes) is 2. The SMILES string of the molecule is CCCCCC(NCC)c1ccc(OCCOC)c(Br)c1. The van der Waals surface area contributed by atoms with E-state index < -0.39 is 0 Å². The van der Waals surface area contributed by atoms with Gasteiger partial charge < -0.3 is 14.8 Å². The molecule has 0 heterocycles. The number of halogens is 1. The summed E-state index contributed by atoms with van der Waals surface area (Å²) >= 11 is 3.61. The number of methoxy groups -OCH3 is 1. The molecule has 1 N–H and O–H groups in total. The molecule has 0 radical (unpaired) electrons. The molecule has 0 amide bonds. The second kappa shape index (κ2) is 11.0. The van der Waals surface area contributed by atoms with Gasteiger partial charge in [0.05, 0.1) is 11.1 Å². The number of benzene rings is 1. The zero-order chi connectivity index (χ0) is 15.5. The molecule has 1 aromatic rings. The fourth-order valence-electron chi connectivity index (χ4n) is 2.32. The Morgan fingerprint density at radius 3 is 2.62 bits per heavy atom. The van der Waals surface area contributed by atoms with E-state index in [0.717, 1.165) is 16.8 Å². The second-order valence-corrected chi connectivity index (χ2v) is 5.99. The van der Waals surface area contributed by atoms with Gasteiger partial charge in [0.2, 0.25) is 0 Å². The van der Waals surface area contributed by atoms with Crippen molar-refractivity contribution < 1.29 is 9.47 Å². The van der Waals surface area contributed by atoms with Crippen molar-refractivity contribution in [1.82, 2.24) is 5.32 Å². The molecular weight excluding hydrogens is 330 g/mol. The number of rotatable bonds is 11. The van der Waals surface area contributed by atoms with Gasteiger partial charge in [0.15, 0.2) is 0 Å². The lowest BCUT2D eigenvalue weighted by molar-refractivity contribution is 0.146. The summed E-state index contributed by atoms with van der Waals surface area (Å²) in [6.07, 6.45) is 4.99. The highest BCUT2D eigenvalue weighted by molar-refractivity contribution is 9.10. The fraction of sp³-hybridized carbons (Fsp3) is 0.647. The van der Waals surface area contributed by atoms with Crippen molar-refractivity contribution in [3.63, 3.8) is 0 Å². The molecule has 1 unspecified atom stereocenters. The third-order valence-corrected chi connectivity index (χ3v) is 4.07. The fourth-order valence-corrected chi connectivity index (χ4v) is 2.83. The van der Waals surface area contributed by atoms with Crippen molar-refractivity contribution in [2.75, 3.05) is 26.9 Å². The molecule has 0 aromatic heterocycles. The molecule has 0 aliphatic carbocycles. The summed E-state index contributed by atoms with van der Waals surface area (Å²) < 4.78 is 11.7. The van der Waals surface area contributed by atoms with Gasteiger partial charge in [-0.05, 0) is 46.6 Å². The topological polar surface area (TPSA) is 30.5 Å². The minimum atomic E-state index is 0.422. The predicted octanol–water partition coefficient (Wildman–Crippen LogP) is 4.71. The molecule has 1 atom stereocenters. The molecule has 0 aliphatic rings. The molecule has 0 fully saturated rings. The number of hydrogen-bond acceptors (Lipinski definition) is 3. The van der Waals surface area contributed by atoms with Gasteiger partial charge in [0, 0.05) is 13.2 Å². The van der Waals surface area contributed by atoms with Crippen LogP contribution < -0.4 is 10.1 Å². The number of nitrogens with one attached hydrogen (secondary N) is 1. The van der Waals surface area contributed by atoms with Gasteiger partial charge in [-0.15, -0.1) is 0 Å². The van der Waals surface area contributed by atoms with Crippen LogP contribution in [0.25, 0.3) is 0 Å². The number of hydrogen-bond donors (Lipinski definition) is 1. The Labute approximate surface area is 137 Å². The van der Waals surface area contributed by atoms with Crippen molar-refractivity contribution in [3.05, 3.63) is 28.2 Å². The van der Waals surface area contributed by atoms with E-state index in [1.807, 2.05) is 6.07 Å². The zero-order valence-electron chi connectivity index (χ0n) is 13.5. The van der Waals surface area contributed by atoms with E-state index in [2.05, 4.69) is 47.2 Å². The molecule has 3 nitrogen and oxygen atoms in total. The lowest BCUT2D eigenvalue weighted by Gasteiger charge is -2.19. The van der Waals surface area contributed by atoms with E-state index in [1.54, 1.807) is 7.11 Å². The molecule has 120 valence electrons. The third kappa shape index (κ3) is 6.81. The van der Waals surface area contributed by atoms with E-state index in [4.69, 9.17) is 9.47 Å². The highest BCUT2D eigenvalue weighted by atomic mass is 79.9. The minimum absolute atomic E-state index is 0.422. The smallest absolute Gasteiger partial charge is 0.133 e. The van der Waals surface area contributed by atoms with Crippen LogP contribution in [0.3, 0.4) is 0 Å².